The zero-order valence-corrected chi connectivity index (χ0v) is 13.4. The maximum atomic E-state index is 13.3. The molecule has 0 aliphatic carbocycles. The standard InChI is InChI=1S/C16H9ClF4N2S/c17-10-3-1-2-9(8-10)13-14(16(19,20)21)23-15(24-13)22-12-6-4-11(18)5-7-12/h1-8H,(H,22,23). The highest BCUT2D eigenvalue weighted by Crippen LogP contribution is 2.42. The van der Waals surface area contributed by atoms with Crippen LogP contribution >= 0.6 is 22.9 Å². The number of hydrogen-bond donors (Lipinski definition) is 1. The van der Waals surface area contributed by atoms with Crippen LogP contribution in [-0.2, 0) is 6.18 Å². The van der Waals surface area contributed by atoms with Gasteiger partial charge in [0.1, 0.15) is 5.82 Å². The number of aromatic nitrogens is 1. The van der Waals surface area contributed by atoms with Crippen LogP contribution in [0.5, 0.6) is 0 Å². The summed E-state index contributed by atoms with van der Waals surface area (Å²) in [5.41, 5.74) is -0.213. The number of benzene rings is 2. The molecule has 0 spiro atoms. The molecule has 0 unspecified atom stereocenters. The largest absolute Gasteiger partial charge is 0.434 e. The summed E-state index contributed by atoms with van der Waals surface area (Å²) in [5, 5.41) is 3.15. The van der Waals surface area contributed by atoms with E-state index in [0.717, 1.165) is 11.3 Å². The Morgan fingerprint density at radius 2 is 1.75 bits per heavy atom. The van der Waals surface area contributed by atoms with Crippen molar-refractivity contribution in [2.24, 2.45) is 0 Å². The maximum absolute atomic E-state index is 13.3. The van der Waals surface area contributed by atoms with Crippen molar-refractivity contribution in [2.45, 2.75) is 6.18 Å². The Balaban J connectivity index is 2.02. The van der Waals surface area contributed by atoms with Gasteiger partial charge in [0.2, 0.25) is 0 Å². The molecule has 1 heterocycles. The monoisotopic (exact) mass is 372 g/mol. The average Bonchev–Trinajstić information content (AvgIpc) is 2.94. The Kier molecular flexibility index (Phi) is 4.47. The lowest BCUT2D eigenvalue weighted by atomic mass is 10.1. The second-order valence-corrected chi connectivity index (χ2v) is 6.27. The van der Waals surface area contributed by atoms with Gasteiger partial charge in [-0.05, 0) is 42.0 Å². The first-order chi connectivity index (χ1) is 11.3. The molecular weight excluding hydrogens is 364 g/mol. The van der Waals surface area contributed by atoms with E-state index in [4.69, 9.17) is 11.6 Å². The molecule has 24 heavy (non-hydrogen) atoms. The lowest BCUT2D eigenvalue weighted by Crippen LogP contribution is -2.07. The first-order valence-corrected chi connectivity index (χ1v) is 7.89. The Hall–Kier alpha value is -2.12. The van der Waals surface area contributed by atoms with Crippen LogP contribution in [0, 0.1) is 5.82 Å². The van der Waals surface area contributed by atoms with Crippen LogP contribution in [-0.4, -0.2) is 4.98 Å². The lowest BCUT2D eigenvalue weighted by Gasteiger charge is -2.06. The van der Waals surface area contributed by atoms with Crippen molar-refractivity contribution in [1.29, 1.82) is 0 Å². The maximum Gasteiger partial charge on any atom is 0.434 e. The van der Waals surface area contributed by atoms with Gasteiger partial charge in [0.15, 0.2) is 10.8 Å². The lowest BCUT2D eigenvalue weighted by molar-refractivity contribution is -0.140. The van der Waals surface area contributed by atoms with Crippen LogP contribution in [0.1, 0.15) is 5.69 Å². The van der Waals surface area contributed by atoms with Gasteiger partial charge in [-0.15, -0.1) is 0 Å². The molecular formula is C16H9ClF4N2S. The fourth-order valence-corrected chi connectivity index (χ4v) is 3.24. The number of halogens is 5. The van der Waals surface area contributed by atoms with Gasteiger partial charge in [0, 0.05) is 10.7 Å². The van der Waals surface area contributed by atoms with E-state index in [2.05, 4.69) is 10.3 Å². The molecule has 124 valence electrons. The number of nitrogens with one attached hydrogen (secondary N) is 1. The quantitative estimate of drug-likeness (QED) is 0.541. The molecule has 0 atom stereocenters. The molecule has 0 amide bonds. The summed E-state index contributed by atoms with van der Waals surface area (Å²) in [6.07, 6.45) is -4.60. The van der Waals surface area contributed by atoms with E-state index in [0.29, 0.717) is 16.3 Å². The van der Waals surface area contributed by atoms with E-state index in [9.17, 15) is 17.6 Å². The highest BCUT2D eigenvalue weighted by molar-refractivity contribution is 7.19. The first kappa shape index (κ1) is 16.7. The Morgan fingerprint density at radius 1 is 1.04 bits per heavy atom. The molecule has 8 heteroatoms. The molecule has 2 nitrogen and oxygen atoms in total. The number of thiazole rings is 1. The van der Waals surface area contributed by atoms with Crippen molar-refractivity contribution in [1.82, 2.24) is 4.98 Å². The van der Waals surface area contributed by atoms with E-state index in [1.807, 2.05) is 0 Å². The molecule has 0 aliphatic rings. The van der Waals surface area contributed by atoms with Crippen molar-refractivity contribution in [3.63, 3.8) is 0 Å². The van der Waals surface area contributed by atoms with Crippen LogP contribution in [0.25, 0.3) is 10.4 Å². The van der Waals surface area contributed by atoms with Crippen LogP contribution < -0.4 is 5.32 Å². The van der Waals surface area contributed by atoms with Crippen LogP contribution in [0.3, 0.4) is 0 Å². The summed E-state index contributed by atoms with van der Waals surface area (Å²) in [5.74, 6) is -0.435. The van der Waals surface area contributed by atoms with Gasteiger partial charge in [0.05, 0.1) is 4.88 Å². The highest BCUT2D eigenvalue weighted by Gasteiger charge is 2.38. The average molecular weight is 373 g/mol. The molecule has 3 aromatic rings. The minimum Gasteiger partial charge on any atom is -0.332 e. The summed E-state index contributed by atoms with van der Waals surface area (Å²) in [6.45, 7) is 0. The summed E-state index contributed by atoms with van der Waals surface area (Å²) in [4.78, 5) is 3.62. The predicted molar refractivity (Wildman–Crippen MR) is 87.2 cm³/mol. The minimum atomic E-state index is -4.60. The van der Waals surface area contributed by atoms with Crippen LogP contribution in [0.4, 0.5) is 28.4 Å². The van der Waals surface area contributed by atoms with E-state index in [1.165, 1.54) is 36.4 Å². The summed E-state index contributed by atoms with van der Waals surface area (Å²) >= 11 is 6.72. The van der Waals surface area contributed by atoms with Crippen molar-refractivity contribution < 1.29 is 17.6 Å². The van der Waals surface area contributed by atoms with E-state index in [1.54, 1.807) is 12.1 Å². The molecule has 0 bridgehead atoms. The van der Waals surface area contributed by atoms with Crippen molar-refractivity contribution in [3.8, 4) is 10.4 Å². The van der Waals surface area contributed by atoms with Gasteiger partial charge in [-0.3, -0.25) is 0 Å². The zero-order valence-electron chi connectivity index (χ0n) is 11.9. The van der Waals surface area contributed by atoms with E-state index < -0.39 is 17.7 Å². The van der Waals surface area contributed by atoms with Gasteiger partial charge >= 0.3 is 6.18 Å². The third-order valence-corrected chi connectivity index (χ3v) is 4.33. The Morgan fingerprint density at radius 3 is 2.38 bits per heavy atom. The number of hydrogen-bond acceptors (Lipinski definition) is 3. The molecule has 0 saturated heterocycles. The molecule has 1 N–H and O–H groups in total. The molecule has 1 aromatic heterocycles. The fourth-order valence-electron chi connectivity index (χ4n) is 2.05. The van der Waals surface area contributed by atoms with Crippen LogP contribution in [0.15, 0.2) is 48.5 Å². The molecule has 2 aromatic carbocycles. The fraction of sp³-hybridized carbons (Fsp3) is 0.0625. The SMILES string of the molecule is Fc1ccc(Nc2nc(C(F)(F)F)c(-c3cccc(Cl)c3)s2)cc1. The van der Waals surface area contributed by atoms with E-state index in [-0.39, 0.29) is 10.0 Å². The van der Waals surface area contributed by atoms with E-state index >= 15 is 0 Å². The number of alkyl halides is 3. The summed E-state index contributed by atoms with van der Waals surface area (Å²) < 4.78 is 52.7. The molecule has 0 fully saturated rings. The summed E-state index contributed by atoms with van der Waals surface area (Å²) in [7, 11) is 0. The first-order valence-electron chi connectivity index (χ1n) is 6.69. The predicted octanol–water partition coefficient (Wildman–Crippen LogP) is 6.37. The van der Waals surface area contributed by atoms with Crippen molar-refractivity contribution >= 4 is 33.8 Å². The third-order valence-electron chi connectivity index (χ3n) is 3.08. The number of anilines is 2. The molecule has 0 saturated carbocycles. The Labute approximate surface area is 143 Å². The van der Waals surface area contributed by atoms with Gasteiger partial charge in [-0.2, -0.15) is 13.2 Å². The summed E-state index contributed by atoms with van der Waals surface area (Å²) in [6, 6.07) is 11.4. The number of rotatable bonds is 3. The second-order valence-electron chi connectivity index (χ2n) is 4.84. The van der Waals surface area contributed by atoms with Crippen molar-refractivity contribution in [3.05, 3.63) is 65.1 Å². The topological polar surface area (TPSA) is 24.9 Å². The zero-order chi connectivity index (χ0) is 17.3. The number of nitrogens with zero attached hydrogens (tertiary/aromatic N) is 1. The normalized spacial score (nSPS) is 11.5. The van der Waals surface area contributed by atoms with Crippen molar-refractivity contribution in [2.75, 3.05) is 5.32 Å². The van der Waals surface area contributed by atoms with Crippen LogP contribution in [0.2, 0.25) is 5.02 Å². The highest BCUT2D eigenvalue weighted by atomic mass is 35.5. The third kappa shape index (κ3) is 3.68. The van der Waals surface area contributed by atoms with Gasteiger partial charge < -0.3 is 5.32 Å². The molecule has 3 rings (SSSR count). The second kappa shape index (κ2) is 6.41. The minimum absolute atomic E-state index is 0.0328. The Bertz CT molecular complexity index is 859. The smallest absolute Gasteiger partial charge is 0.332 e. The molecule has 0 aliphatic heterocycles. The van der Waals surface area contributed by atoms with Gasteiger partial charge in [0.25, 0.3) is 0 Å². The van der Waals surface area contributed by atoms with Gasteiger partial charge in [-0.25, -0.2) is 9.37 Å². The molecule has 0 radical (unpaired) electrons. The van der Waals surface area contributed by atoms with Gasteiger partial charge in [-0.1, -0.05) is 35.1 Å².